The predicted octanol–water partition coefficient (Wildman–Crippen LogP) is 1.67. The molecule has 1 amide bonds. The number of nitrogens with one attached hydrogen (secondary N) is 1. The van der Waals surface area contributed by atoms with E-state index in [-0.39, 0.29) is 23.8 Å². The first kappa shape index (κ1) is 29.4. The number of fused-ring (bicyclic) bond motifs is 3. The lowest BCUT2D eigenvalue weighted by molar-refractivity contribution is -0.939. The quantitative estimate of drug-likeness (QED) is 0.219. The average molecular weight is 566 g/mol. The van der Waals surface area contributed by atoms with Crippen molar-refractivity contribution in [2.24, 2.45) is 11.8 Å². The van der Waals surface area contributed by atoms with E-state index in [2.05, 4.69) is 10.5 Å². The molecule has 4 aliphatic rings. The number of carbonyl (C=O) groups excluding carboxylic acids is 2. The van der Waals surface area contributed by atoms with Gasteiger partial charge in [-0.3, -0.25) is 9.36 Å². The summed E-state index contributed by atoms with van der Waals surface area (Å²) in [6.07, 6.45) is 7.73. The van der Waals surface area contributed by atoms with Crippen molar-refractivity contribution >= 4 is 25.5 Å². The van der Waals surface area contributed by atoms with E-state index in [1.807, 2.05) is 30.3 Å². The number of aromatic nitrogens is 1. The normalized spacial score (nSPS) is 26.6. The van der Waals surface area contributed by atoms with E-state index in [1.54, 1.807) is 6.07 Å². The molecular formula is C26H36N3O9P. The monoisotopic (exact) mass is 565 g/mol. The Morgan fingerprint density at radius 3 is 2.33 bits per heavy atom. The van der Waals surface area contributed by atoms with Crippen molar-refractivity contribution in [2.45, 2.75) is 56.7 Å². The molecule has 0 spiro atoms. The maximum Gasteiger partial charge on any atom is 0.343 e. The molecule has 3 aliphatic heterocycles. The average Bonchev–Trinajstić information content (AvgIpc) is 3.41. The Morgan fingerprint density at radius 1 is 1.10 bits per heavy atom. The number of nitrogens with zero attached hydrogens (tertiary/aromatic N) is 2. The van der Waals surface area contributed by atoms with Crippen LogP contribution in [0.5, 0.6) is 0 Å². The number of ether oxygens (including phenoxy) is 1. The summed E-state index contributed by atoms with van der Waals surface area (Å²) in [5.74, 6) is -0.127. The van der Waals surface area contributed by atoms with Crippen molar-refractivity contribution in [3.05, 3.63) is 48.2 Å². The number of amides is 1. The molecule has 0 unspecified atom stereocenters. The number of carbonyl (C=O) groups is 2. The van der Waals surface area contributed by atoms with Crippen LogP contribution in [0.1, 0.15) is 50.5 Å². The van der Waals surface area contributed by atoms with Crippen molar-refractivity contribution in [2.75, 3.05) is 31.5 Å². The topological polar surface area (TPSA) is 182 Å². The molecule has 6 rings (SSSR count). The molecule has 1 aromatic carbocycles. The van der Waals surface area contributed by atoms with Gasteiger partial charge >= 0.3 is 5.97 Å². The summed E-state index contributed by atoms with van der Waals surface area (Å²) in [7, 11) is -4.89. The maximum absolute atomic E-state index is 13.7. The van der Waals surface area contributed by atoms with Crippen LogP contribution in [0.3, 0.4) is 0 Å². The van der Waals surface area contributed by atoms with E-state index in [0.29, 0.717) is 29.0 Å². The van der Waals surface area contributed by atoms with Gasteiger partial charge in [-0.2, -0.15) is 0 Å². The van der Waals surface area contributed by atoms with Crippen LogP contribution in [0, 0.1) is 11.8 Å². The van der Waals surface area contributed by atoms with Crippen molar-refractivity contribution in [3.8, 4) is 0 Å². The molecule has 2 atom stereocenters. The van der Waals surface area contributed by atoms with Crippen LogP contribution >= 0.6 is 7.82 Å². The van der Waals surface area contributed by atoms with E-state index < -0.39 is 19.4 Å². The number of rotatable bonds is 7. The standard InChI is InChI=1S/C26H33N3O5.H3O4P/c30-24(27-23-13-16-33-28-23)18-29-14-11-19(12-15-29)22(17-29)34-25(31)26(32,20-7-3-1-4-8-20)21-9-5-2-6-10-21;1-5(2,3)4/h1,3-4,7-8,13,16,19,21-22,32H,2,5-6,9-12,14-15,17-18H2;(H3,1,2,3,4)/t19?,22-,26-,29?;/m0./s1. The zero-order valence-corrected chi connectivity index (χ0v) is 22.6. The van der Waals surface area contributed by atoms with Gasteiger partial charge in [0.05, 0.1) is 13.1 Å². The van der Waals surface area contributed by atoms with E-state index in [1.165, 1.54) is 6.26 Å². The van der Waals surface area contributed by atoms with E-state index >= 15 is 0 Å². The fourth-order valence-corrected chi connectivity index (χ4v) is 6.30. The van der Waals surface area contributed by atoms with Crippen molar-refractivity contribution in [1.29, 1.82) is 0 Å². The zero-order chi connectivity index (χ0) is 28.1. The highest BCUT2D eigenvalue weighted by Gasteiger charge is 2.52. The Hall–Kier alpha value is -2.60. The number of phosphoric acid groups is 1. The first-order valence-corrected chi connectivity index (χ1v) is 14.8. The second kappa shape index (κ2) is 12.3. The molecule has 4 fully saturated rings. The number of hydrogen-bond acceptors (Lipinski definition) is 8. The third-order valence-corrected chi connectivity index (χ3v) is 8.21. The smallest absolute Gasteiger partial charge is 0.343 e. The molecule has 13 heteroatoms. The molecule has 4 N–H and O–H groups in total. The van der Waals surface area contributed by atoms with Crippen LogP contribution in [-0.4, -0.2) is 68.7 Å². The summed E-state index contributed by atoms with van der Waals surface area (Å²) in [4.78, 5) is 49.3. The number of esters is 1. The molecule has 12 nitrogen and oxygen atoms in total. The van der Waals surface area contributed by atoms with Crippen LogP contribution in [0.4, 0.5) is 5.82 Å². The van der Waals surface area contributed by atoms with Crippen LogP contribution in [0.25, 0.3) is 0 Å². The summed E-state index contributed by atoms with van der Waals surface area (Å²) in [5.41, 5.74) is -1.02. The fourth-order valence-electron chi connectivity index (χ4n) is 6.30. The van der Waals surface area contributed by atoms with Gasteiger partial charge in [0.25, 0.3) is 13.7 Å². The molecular weight excluding hydrogens is 529 g/mol. The molecule has 39 heavy (non-hydrogen) atoms. The van der Waals surface area contributed by atoms with E-state index in [9.17, 15) is 14.7 Å². The molecule has 0 radical (unpaired) electrons. The molecule has 2 bridgehead atoms. The lowest BCUT2D eigenvalue weighted by atomic mass is 9.73. The SMILES string of the molecule is O=C(C[N+]12CCC(CC1)[C@@H](OC(=O)[C@](O)(c1ccccc1)C1CCCCC1)C2)Nc1ccon1.O=P([O-])(O)O. The Balaban J connectivity index is 0.000000648. The molecule has 1 aromatic heterocycles. The van der Waals surface area contributed by atoms with Crippen LogP contribution in [0.15, 0.2) is 47.2 Å². The molecule has 3 saturated heterocycles. The number of aliphatic hydroxyl groups is 1. The Kier molecular flexibility index (Phi) is 9.25. The van der Waals surface area contributed by atoms with Gasteiger partial charge in [0.1, 0.15) is 12.8 Å². The van der Waals surface area contributed by atoms with Crippen LogP contribution in [0.2, 0.25) is 0 Å². The van der Waals surface area contributed by atoms with Gasteiger partial charge in [-0.15, -0.1) is 0 Å². The van der Waals surface area contributed by atoms with Gasteiger partial charge in [0, 0.05) is 30.7 Å². The molecule has 4 heterocycles. The Bertz CT molecular complexity index is 1130. The molecule has 214 valence electrons. The number of piperidine rings is 3. The van der Waals surface area contributed by atoms with Gasteiger partial charge in [0.15, 0.2) is 24.1 Å². The first-order chi connectivity index (χ1) is 18.5. The summed E-state index contributed by atoms with van der Waals surface area (Å²) < 4.78 is 20.3. The minimum atomic E-state index is -4.89. The predicted molar refractivity (Wildman–Crippen MR) is 136 cm³/mol. The second-order valence-electron chi connectivity index (χ2n) is 10.8. The van der Waals surface area contributed by atoms with Gasteiger partial charge in [-0.1, -0.05) is 54.8 Å². The van der Waals surface area contributed by atoms with Crippen molar-refractivity contribution in [3.63, 3.8) is 0 Å². The molecule has 2 aromatic rings. The highest BCUT2D eigenvalue weighted by Crippen LogP contribution is 2.42. The lowest BCUT2D eigenvalue weighted by Gasteiger charge is -2.52. The van der Waals surface area contributed by atoms with Crippen molar-refractivity contribution in [1.82, 2.24) is 5.16 Å². The zero-order valence-electron chi connectivity index (χ0n) is 21.7. The van der Waals surface area contributed by atoms with Gasteiger partial charge in [-0.25, -0.2) is 4.79 Å². The first-order valence-electron chi connectivity index (χ1n) is 13.3. The van der Waals surface area contributed by atoms with Gasteiger partial charge in [-0.05, 0) is 18.4 Å². The van der Waals surface area contributed by atoms with E-state index in [0.717, 1.165) is 58.0 Å². The summed E-state index contributed by atoms with van der Waals surface area (Å²) >= 11 is 0. The Labute approximate surface area is 226 Å². The fraction of sp³-hybridized carbons (Fsp3) is 0.577. The summed E-state index contributed by atoms with van der Waals surface area (Å²) in [5, 5.41) is 18.4. The Morgan fingerprint density at radius 2 is 1.74 bits per heavy atom. The van der Waals surface area contributed by atoms with Crippen LogP contribution in [-0.2, 0) is 24.5 Å². The summed E-state index contributed by atoms with van der Waals surface area (Å²) in [6.45, 7) is 2.67. The number of anilines is 1. The second-order valence-corrected chi connectivity index (χ2v) is 11.8. The number of quaternary nitrogens is 1. The number of benzene rings is 1. The minimum absolute atomic E-state index is 0.123. The summed E-state index contributed by atoms with van der Waals surface area (Å²) in [6, 6.07) is 10.9. The minimum Gasteiger partial charge on any atom is -0.756 e. The van der Waals surface area contributed by atoms with Gasteiger partial charge < -0.3 is 38.8 Å². The maximum atomic E-state index is 13.7. The third kappa shape index (κ3) is 7.53. The number of hydrogen-bond donors (Lipinski definition) is 4. The largest absolute Gasteiger partial charge is 0.756 e. The van der Waals surface area contributed by atoms with Crippen LogP contribution < -0.4 is 10.2 Å². The highest BCUT2D eigenvalue weighted by atomic mass is 31.2. The van der Waals surface area contributed by atoms with E-state index in [4.69, 9.17) is 28.5 Å². The third-order valence-electron chi connectivity index (χ3n) is 8.21. The van der Waals surface area contributed by atoms with Crippen molar-refractivity contribution < 1.29 is 47.7 Å². The lowest BCUT2D eigenvalue weighted by Crippen LogP contribution is -2.66. The molecule has 1 saturated carbocycles. The highest BCUT2D eigenvalue weighted by molar-refractivity contribution is 7.43. The van der Waals surface area contributed by atoms with Gasteiger partial charge in [0.2, 0.25) is 0 Å². The molecule has 1 aliphatic carbocycles.